The number of fused-ring (bicyclic) bond motifs is 2. The molecule has 1 heterocycles. The number of nitrogens with one attached hydrogen (secondary N) is 1. The summed E-state index contributed by atoms with van der Waals surface area (Å²) in [7, 11) is -1.56. The van der Waals surface area contributed by atoms with Crippen molar-refractivity contribution in [2.75, 3.05) is 29.4 Å². The third-order valence-electron chi connectivity index (χ3n) is 6.63. The van der Waals surface area contributed by atoms with Crippen LogP contribution in [-0.4, -0.2) is 35.7 Å². The molecule has 1 atom stereocenters. The summed E-state index contributed by atoms with van der Waals surface area (Å²) in [5.74, 6) is -0.480. The van der Waals surface area contributed by atoms with Gasteiger partial charge in [-0.2, -0.15) is 0 Å². The Labute approximate surface area is 225 Å². The third-order valence-corrected chi connectivity index (χ3v) is 8.13. The molecule has 5 rings (SSSR count). The van der Waals surface area contributed by atoms with Crippen LogP contribution in [0.15, 0.2) is 113 Å². The summed E-state index contributed by atoms with van der Waals surface area (Å²) in [6.07, 6.45) is 0. The first-order chi connectivity index (χ1) is 18.6. The number of hydrogen-bond donors (Lipinski definition) is 1. The maximum absolute atomic E-state index is 13.7. The maximum atomic E-state index is 13.7. The van der Waals surface area contributed by atoms with Crippen LogP contribution < -0.4 is 15.1 Å². The fourth-order valence-electron chi connectivity index (χ4n) is 4.64. The van der Waals surface area contributed by atoms with Gasteiger partial charge in [0.15, 0.2) is 0 Å². The number of amides is 2. The molecule has 0 radical (unpaired) electrons. The van der Waals surface area contributed by atoms with E-state index in [0.717, 1.165) is 17.8 Å². The van der Waals surface area contributed by atoms with E-state index in [2.05, 4.69) is 17.1 Å². The molecule has 0 aliphatic carbocycles. The minimum atomic E-state index is -1.56. The van der Waals surface area contributed by atoms with Crippen molar-refractivity contribution in [3.8, 4) is 0 Å². The molecule has 2 amide bonds. The molecule has 0 fully saturated rings. The van der Waals surface area contributed by atoms with Gasteiger partial charge in [0, 0.05) is 30.9 Å². The van der Waals surface area contributed by atoms with E-state index in [1.54, 1.807) is 47.4 Å². The number of nitrogens with zero attached hydrogens (tertiary/aromatic N) is 2. The zero-order chi connectivity index (χ0) is 26.5. The molecule has 1 N–H and O–H groups in total. The van der Waals surface area contributed by atoms with E-state index >= 15 is 0 Å². The van der Waals surface area contributed by atoms with Crippen LogP contribution in [0.2, 0.25) is 0 Å². The second-order valence-electron chi connectivity index (χ2n) is 9.00. The van der Waals surface area contributed by atoms with Crippen molar-refractivity contribution in [3.63, 3.8) is 0 Å². The number of carbonyl (C=O) groups excluding carboxylic acids is 2. The number of rotatable bonds is 8. The number of anilines is 2. The molecule has 1 aliphatic heterocycles. The number of carbonyl (C=O) groups is 2. The van der Waals surface area contributed by atoms with Gasteiger partial charge in [0.1, 0.15) is 0 Å². The Balaban J connectivity index is 1.42. The molecule has 0 spiro atoms. The van der Waals surface area contributed by atoms with Crippen molar-refractivity contribution in [1.29, 1.82) is 0 Å². The Morgan fingerprint density at radius 3 is 2.29 bits per heavy atom. The predicted molar refractivity (Wildman–Crippen MR) is 151 cm³/mol. The number of hydrogen-bond acceptors (Lipinski definition) is 4. The van der Waals surface area contributed by atoms with Crippen LogP contribution in [0, 0.1) is 0 Å². The lowest BCUT2D eigenvalue weighted by molar-refractivity contribution is 0.0950. The Bertz CT molecular complexity index is 1470. The summed E-state index contributed by atoms with van der Waals surface area (Å²) in [5.41, 5.74) is 3.35. The molecule has 7 heteroatoms. The van der Waals surface area contributed by atoms with Crippen molar-refractivity contribution >= 4 is 34.0 Å². The highest BCUT2D eigenvalue weighted by Gasteiger charge is 2.31. The molecule has 4 aromatic rings. The smallest absolute Gasteiger partial charge is 0.259 e. The Kier molecular flexibility index (Phi) is 7.65. The summed E-state index contributed by atoms with van der Waals surface area (Å²) >= 11 is 0. The molecule has 6 nitrogen and oxygen atoms in total. The van der Waals surface area contributed by atoms with Crippen LogP contribution >= 0.6 is 0 Å². The van der Waals surface area contributed by atoms with E-state index in [9.17, 15) is 13.8 Å². The van der Waals surface area contributed by atoms with Crippen LogP contribution in [0.4, 0.5) is 11.4 Å². The first-order valence-corrected chi connectivity index (χ1v) is 13.8. The van der Waals surface area contributed by atoms with Crippen LogP contribution in [0.3, 0.4) is 0 Å². The van der Waals surface area contributed by atoms with Gasteiger partial charge in [-0.25, -0.2) is 4.21 Å². The molecule has 1 aliphatic rings. The van der Waals surface area contributed by atoms with E-state index in [1.165, 1.54) is 0 Å². The lowest BCUT2D eigenvalue weighted by Gasteiger charge is -2.24. The Morgan fingerprint density at radius 2 is 1.55 bits per heavy atom. The molecular formula is C31H29N3O3S. The van der Waals surface area contributed by atoms with Crippen LogP contribution in [0.25, 0.3) is 0 Å². The summed E-state index contributed by atoms with van der Waals surface area (Å²) in [6, 6.07) is 31.8. The van der Waals surface area contributed by atoms with Crippen molar-refractivity contribution in [2.45, 2.75) is 23.3 Å². The quantitative estimate of drug-likeness (QED) is 0.342. The van der Waals surface area contributed by atoms with Crippen molar-refractivity contribution < 1.29 is 13.8 Å². The Morgan fingerprint density at radius 1 is 0.868 bits per heavy atom. The molecule has 0 unspecified atom stereocenters. The van der Waals surface area contributed by atoms with Crippen molar-refractivity contribution in [3.05, 3.63) is 120 Å². The molecule has 4 aromatic carbocycles. The number of benzene rings is 4. The summed E-state index contributed by atoms with van der Waals surface area (Å²) in [4.78, 5) is 31.7. The zero-order valence-electron chi connectivity index (χ0n) is 21.2. The van der Waals surface area contributed by atoms with Gasteiger partial charge >= 0.3 is 0 Å². The largest absolute Gasteiger partial charge is 0.370 e. The summed E-state index contributed by atoms with van der Waals surface area (Å²) in [5, 5.41) is 3.00. The highest BCUT2D eigenvalue weighted by Crippen LogP contribution is 2.36. The van der Waals surface area contributed by atoms with Crippen LogP contribution in [0.5, 0.6) is 0 Å². The molecule has 192 valence electrons. The Hall–Kier alpha value is -4.23. The van der Waals surface area contributed by atoms with Gasteiger partial charge in [-0.15, -0.1) is 0 Å². The predicted octanol–water partition coefficient (Wildman–Crippen LogP) is 5.27. The van der Waals surface area contributed by atoms with E-state index < -0.39 is 10.8 Å². The van der Waals surface area contributed by atoms with Gasteiger partial charge < -0.3 is 15.1 Å². The SMILES string of the molecule is CCN(CCNC(=O)c1ccc2c(c1)N(Cc1ccccc1)C(=O)c1ccccc1[S@]2=O)c1ccccc1. The molecule has 0 aromatic heterocycles. The summed E-state index contributed by atoms with van der Waals surface area (Å²) in [6.45, 7) is 4.32. The van der Waals surface area contributed by atoms with E-state index in [0.29, 0.717) is 46.2 Å². The average Bonchev–Trinajstić information content (AvgIpc) is 3.05. The van der Waals surface area contributed by atoms with Gasteiger partial charge in [0.2, 0.25) is 0 Å². The first kappa shape index (κ1) is 25.4. The van der Waals surface area contributed by atoms with Gasteiger partial charge in [-0.05, 0) is 55.0 Å². The van der Waals surface area contributed by atoms with Crippen LogP contribution in [0.1, 0.15) is 33.2 Å². The molecule has 38 heavy (non-hydrogen) atoms. The minimum Gasteiger partial charge on any atom is -0.370 e. The normalized spacial score (nSPS) is 14.3. The molecule has 0 bridgehead atoms. The highest BCUT2D eigenvalue weighted by atomic mass is 32.2. The van der Waals surface area contributed by atoms with Gasteiger partial charge in [-0.3, -0.25) is 9.59 Å². The second-order valence-corrected chi connectivity index (χ2v) is 10.4. The lowest BCUT2D eigenvalue weighted by atomic mass is 10.1. The standard InChI is InChI=1S/C31H29N3O3S/c1-2-33(25-13-7-4-8-14-25)20-19-32-30(35)24-17-18-29-27(21-24)34(22-23-11-5-3-6-12-23)31(36)26-15-9-10-16-28(26)38(29)37/h3-18,21H,2,19-20,22H2,1H3,(H,32,35)/t38-/m1/s1. The van der Waals surface area contributed by atoms with E-state index in [4.69, 9.17) is 0 Å². The lowest BCUT2D eigenvalue weighted by Crippen LogP contribution is -2.35. The maximum Gasteiger partial charge on any atom is 0.259 e. The third kappa shape index (κ3) is 5.24. The minimum absolute atomic E-state index is 0.239. The monoisotopic (exact) mass is 523 g/mol. The first-order valence-electron chi connectivity index (χ1n) is 12.7. The molecular weight excluding hydrogens is 494 g/mol. The number of para-hydroxylation sites is 1. The highest BCUT2D eigenvalue weighted by molar-refractivity contribution is 7.85. The average molecular weight is 524 g/mol. The topological polar surface area (TPSA) is 69.7 Å². The van der Waals surface area contributed by atoms with Crippen molar-refractivity contribution in [2.24, 2.45) is 0 Å². The van der Waals surface area contributed by atoms with Gasteiger partial charge in [0.25, 0.3) is 11.8 Å². The fraction of sp³-hybridized carbons (Fsp3) is 0.161. The number of likely N-dealkylation sites (N-methyl/N-ethyl adjacent to an activating group) is 1. The summed E-state index contributed by atoms with van der Waals surface area (Å²) < 4.78 is 13.6. The zero-order valence-corrected chi connectivity index (χ0v) is 22.0. The van der Waals surface area contributed by atoms with Gasteiger partial charge in [0.05, 0.1) is 38.4 Å². The second kappa shape index (κ2) is 11.4. The van der Waals surface area contributed by atoms with Gasteiger partial charge in [-0.1, -0.05) is 60.7 Å². The fourth-order valence-corrected chi connectivity index (χ4v) is 5.99. The van der Waals surface area contributed by atoms with E-state index in [1.807, 2.05) is 60.7 Å². The van der Waals surface area contributed by atoms with Crippen LogP contribution in [-0.2, 0) is 17.3 Å². The molecule has 0 saturated carbocycles. The molecule has 0 saturated heterocycles. The van der Waals surface area contributed by atoms with E-state index in [-0.39, 0.29) is 11.8 Å². The van der Waals surface area contributed by atoms with Crippen molar-refractivity contribution in [1.82, 2.24) is 5.32 Å².